The number of amides is 1. The van der Waals surface area contributed by atoms with E-state index in [2.05, 4.69) is 20.3 Å². The Morgan fingerprint density at radius 2 is 2.20 bits per heavy atom. The molecule has 0 unspecified atom stereocenters. The van der Waals surface area contributed by atoms with Crippen LogP contribution in [0.3, 0.4) is 0 Å². The van der Waals surface area contributed by atoms with E-state index in [1.165, 1.54) is 17.8 Å². The predicted octanol–water partition coefficient (Wildman–Crippen LogP) is 0.868. The lowest BCUT2D eigenvalue weighted by Gasteiger charge is -2.33. The summed E-state index contributed by atoms with van der Waals surface area (Å²) >= 11 is 1.45. The van der Waals surface area contributed by atoms with Gasteiger partial charge in [-0.2, -0.15) is 4.98 Å². The van der Waals surface area contributed by atoms with Gasteiger partial charge in [-0.25, -0.2) is 4.98 Å². The van der Waals surface area contributed by atoms with Gasteiger partial charge in [0, 0.05) is 31.4 Å². The van der Waals surface area contributed by atoms with E-state index in [1.54, 1.807) is 18.3 Å². The van der Waals surface area contributed by atoms with E-state index in [0.29, 0.717) is 24.5 Å². The van der Waals surface area contributed by atoms with Gasteiger partial charge in [-0.15, -0.1) is 11.8 Å². The van der Waals surface area contributed by atoms with E-state index >= 15 is 0 Å². The molecule has 0 radical (unpaired) electrons. The zero-order chi connectivity index (χ0) is 17.8. The van der Waals surface area contributed by atoms with Crippen LogP contribution in [0, 0.1) is 0 Å². The molecule has 0 atom stereocenters. The van der Waals surface area contributed by atoms with Crippen LogP contribution in [0.2, 0.25) is 0 Å². The van der Waals surface area contributed by atoms with E-state index in [-0.39, 0.29) is 23.5 Å². The maximum atomic E-state index is 12.5. The molecule has 25 heavy (non-hydrogen) atoms. The molecule has 3 heterocycles. The second kappa shape index (κ2) is 7.56. The third-order valence-corrected chi connectivity index (χ3v) is 4.82. The Balaban J connectivity index is 1.61. The average molecular weight is 360 g/mol. The lowest BCUT2D eigenvalue weighted by atomic mass is 10.0. The fraction of sp³-hybridized carbons (Fsp3) is 0.375. The molecule has 2 aromatic rings. The second-order valence-electron chi connectivity index (χ2n) is 5.78. The minimum atomic E-state index is -0.265. The van der Waals surface area contributed by atoms with E-state index < -0.39 is 0 Å². The molecule has 0 aliphatic carbocycles. The highest BCUT2D eigenvalue weighted by molar-refractivity contribution is 7.98. The number of pyridine rings is 1. The van der Waals surface area contributed by atoms with Crippen molar-refractivity contribution in [2.75, 3.05) is 30.0 Å². The van der Waals surface area contributed by atoms with E-state index in [4.69, 9.17) is 5.73 Å². The Hall–Kier alpha value is -2.55. The summed E-state index contributed by atoms with van der Waals surface area (Å²) in [6.45, 7) is 1.40. The van der Waals surface area contributed by atoms with Crippen LogP contribution in [0.25, 0.3) is 0 Å². The number of hydrogen-bond donors (Lipinski definition) is 3. The summed E-state index contributed by atoms with van der Waals surface area (Å²) < 4.78 is 0. The van der Waals surface area contributed by atoms with Gasteiger partial charge in [0.05, 0.1) is 5.56 Å². The molecular formula is C16H20N6O2S. The minimum Gasteiger partial charge on any atom is -0.369 e. The lowest BCUT2D eigenvalue weighted by Crippen LogP contribution is -2.45. The largest absolute Gasteiger partial charge is 0.369 e. The number of nitrogens with zero attached hydrogens (tertiary/aromatic N) is 3. The molecule has 8 nitrogen and oxygen atoms in total. The highest BCUT2D eigenvalue weighted by Gasteiger charge is 2.23. The van der Waals surface area contributed by atoms with Crippen molar-refractivity contribution in [3.63, 3.8) is 0 Å². The second-order valence-corrected chi connectivity index (χ2v) is 6.58. The molecule has 132 valence electrons. The van der Waals surface area contributed by atoms with Crippen molar-refractivity contribution in [1.82, 2.24) is 20.3 Å². The molecule has 1 aliphatic heterocycles. The molecule has 2 aromatic heterocycles. The number of rotatable bonds is 4. The normalized spacial score (nSPS) is 15.2. The van der Waals surface area contributed by atoms with Crippen LogP contribution >= 0.6 is 11.8 Å². The Labute approximate surface area is 149 Å². The molecule has 0 spiro atoms. The van der Waals surface area contributed by atoms with E-state index in [9.17, 15) is 9.59 Å². The van der Waals surface area contributed by atoms with Crippen molar-refractivity contribution in [2.45, 2.75) is 23.9 Å². The first-order chi connectivity index (χ1) is 12.1. The van der Waals surface area contributed by atoms with Crippen molar-refractivity contribution in [3.8, 4) is 0 Å². The Morgan fingerprint density at radius 1 is 1.44 bits per heavy atom. The molecule has 0 bridgehead atoms. The average Bonchev–Trinajstić information content (AvgIpc) is 2.61. The fourth-order valence-corrected chi connectivity index (χ4v) is 3.41. The molecule has 0 saturated carbocycles. The zero-order valence-corrected chi connectivity index (χ0v) is 14.7. The van der Waals surface area contributed by atoms with Gasteiger partial charge in [0.25, 0.3) is 11.5 Å². The molecule has 9 heteroatoms. The van der Waals surface area contributed by atoms with Crippen molar-refractivity contribution in [2.24, 2.45) is 0 Å². The summed E-state index contributed by atoms with van der Waals surface area (Å²) in [5, 5.41) is 3.80. The van der Waals surface area contributed by atoms with Crippen LogP contribution in [0.5, 0.6) is 0 Å². The smallest absolute Gasteiger partial charge is 0.254 e. The van der Waals surface area contributed by atoms with Crippen LogP contribution < -0.4 is 21.5 Å². The Bertz CT molecular complexity index is 816. The number of nitrogen functional groups attached to an aromatic ring is 1. The molecule has 4 N–H and O–H groups in total. The number of H-pyrrole nitrogens is 1. The quantitative estimate of drug-likeness (QED) is 0.693. The Morgan fingerprint density at radius 3 is 2.88 bits per heavy atom. The number of carbonyl (C=O) groups is 1. The number of anilines is 2. The van der Waals surface area contributed by atoms with E-state index in [1.807, 2.05) is 11.2 Å². The highest BCUT2D eigenvalue weighted by Crippen LogP contribution is 2.19. The van der Waals surface area contributed by atoms with Crippen LogP contribution in [0.4, 0.5) is 11.8 Å². The molecule has 1 saturated heterocycles. The number of piperidine rings is 1. The van der Waals surface area contributed by atoms with Gasteiger partial charge in [0.2, 0.25) is 5.95 Å². The summed E-state index contributed by atoms with van der Waals surface area (Å²) in [6.07, 6.45) is 5.13. The number of hydrogen-bond acceptors (Lipinski definition) is 7. The number of aromatic amines is 1. The number of aromatic nitrogens is 3. The van der Waals surface area contributed by atoms with Gasteiger partial charge in [-0.05, 0) is 31.2 Å². The van der Waals surface area contributed by atoms with Gasteiger partial charge in [-0.3, -0.25) is 14.6 Å². The molecule has 0 aromatic carbocycles. The summed E-state index contributed by atoms with van der Waals surface area (Å²) in [6, 6.07) is 5.07. The number of carbonyl (C=O) groups excluding carboxylic acids is 1. The monoisotopic (exact) mass is 360 g/mol. The number of thioether (sulfide) groups is 1. The van der Waals surface area contributed by atoms with Crippen LogP contribution in [-0.4, -0.2) is 46.2 Å². The highest BCUT2D eigenvalue weighted by atomic mass is 32.2. The molecule has 3 rings (SSSR count). The minimum absolute atomic E-state index is 0.0815. The maximum Gasteiger partial charge on any atom is 0.254 e. The summed E-state index contributed by atoms with van der Waals surface area (Å²) in [4.78, 5) is 36.8. The van der Waals surface area contributed by atoms with Gasteiger partial charge < -0.3 is 16.0 Å². The van der Waals surface area contributed by atoms with Crippen LogP contribution in [0.15, 0.2) is 34.2 Å². The van der Waals surface area contributed by atoms with Gasteiger partial charge in [-0.1, -0.05) is 0 Å². The fourth-order valence-electron chi connectivity index (χ4n) is 2.87. The summed E-state index contributed by atoms with van der Waals surface area (Å²) in [5.74, 6) is 0.580. The Kier molecular flexibility index (Phi) is 5.22. The van der Waals surface area contributed by atoms with Gasteiger partial charge >= 0.3 is 0 Å². The van der Waals surface area contributed by atoms with Gasteiger partial charge in [0.1, 0.15) is 10.8 Å². The summed E-state index contributed by atoms with van der Waals surface area (Å²) in [5.41, 5.74) is 5.93. The maximum absolute atomic E-state index is 12.5. The van der Waals surface area contributed by atoms with Crippen molar-refractivity contribution < 1.29 is 4.79 Å². The van der Waals surface area contributed by atoms with Crippen LogP contribution in [0.1, 0.15) is 23.2 Å². The molecular weight excluding hydrogens is 340 g/mol. The number of nitrogens with one attached hydrogen (secondary N) is 2. The van der Waals surface area contributed by atoms with Crippen molar-refractivity contribution >= 4 is 29.4 Å². The first-order valence-electron chi connectivity index (χ1n) is 7.98. The zero-order valence-electron chi connectivity index (χ0n) is 13.9. The predicted molar refractivity (Wildman–Crippen MR) is 98.0 cm³/mol. The topological polar surface area (TPSA) is 117 Å². The third-order valence-electron chi connectivity index (χ3n) is 4.11. The van der Waals surface area contributed by atoms with Crippen LogP contribution in [-0.2, 0) is 0 Å². The van der Waals surface area contributed by atoms with Crippen molar-refractivity contribution in [3.05, 3.63) is 40.3 Å². The molecule has 1 amide bonds. The van der Waals surface area contributed by atoms with Gasteiger partial charge in [0.15, 0.2) is 0 Å². The standard InChI is InChI=1S/C16H20N6O2S/c1-25-15-11(3-2-6-18-15)14(24)19-10-4-7-22(8-5-10)12-9-13(23)21-16(17)20-12/h2-3,6,9-10H,4-5,7-8H2,1H3,(H,19,24)(H3,17,20,21,23). The molecule has 1 aliphatic rings. The third kappa shape index (κ3) is 4.11. The molecule has 1 fully saturated rings. The first-order valence-corrected chi connectivity index (χ1v) is 9.21. The first kappa shape index (κ1) is 17.3. The lowest BCUT2D eigenvalue weighted by molar-refractivity contribution is 0.0927. The van der Waals surface area contributed by atoms with E-state index in [0.717, 1.165) is 17.9 Å². The SMILES string of the molecule is CSc1ncccc1C(=O)NC1CCN(c2cc(=O)[nH]c(N)n2)CC1. The number of nitrogens with two attached hydrogens (primary N) is 1. The summed E-state index contributed by atoms with van der Waals surface area (Å²) in [7, 11) is 0. The van der Waals surface area contributed by atoms with Crippen molar-refractivity contribution in [1.29, 1.82) is 0 Å².